The van der Waals surface area contributed by atoms with E-state index in [1.807, 2.05) is 49.9 Å². The molecule has 5 aromatic rings. The van der Waals surface area contributed by atoms with E-state index >= 15 is 0 Å². The summed E-state index contributed by atoms with van der Waals surface area (Å²) in [4.78, 5) is 45.9. The first-order valence-electron chi connectivity index (χ1n) is 20.9. The van der Waals surface area contributed by atoms with Gasteiger partial charge < -0.3 is 45.1 Å². The highest BCUT2D eigenvalue weighted by Gasteiger charge is 2.39. The Kier molecular flexibility index (Phi) is 11.1. The highest BCUT2D eigenvalue weighted by Crippen LogP contribution is 2.46. The van der Waals surface area contributed by atoms with Crippen molar-refractivity contribution < 1.29 is 24.2 Å². The summed E-state index contributed by atoms with van der Waals surface area (Å²) >= 11 is 0. The van der Waals surface area contributed by atoms with Crippen LogP contribution in [0.2, 0.25) is 0 Å². The first-order chi connectivity index (χ1) is 28.0. The molecule has 6 unspecified atom stereocenters. The number of aliphatic hydroxyl groups is 1. The highest BCUT2D eigenvalue weighted by molar-refractivity contribution is 5.92. The molecule has 0 radical (unpaired) electrons. The second kappa shape index (κ2) is 16.2. The molecule has 14 heteroatoms. The number of methoxy groups -OCH3 is 1. The van der Waals surface area contributed by atoms with Crippen LogP contribution in [0.3, 0.4) is 0 Å². The lowest BCUT2D eigenvalue weighted by atomic mass is 10.0. The van der Waals surface area contributed by atoms with Crippen LogP contribution in [0, 0.1) is 11.8 Å². The molecule has 3 aliphatic heterocycles. The van der Waals surface area contributed by atoms with Crippen molar-refractivity contribution >= 4 is 22.9 Å². The normalized spacial score (nSPS) is 20.9. The number of nitrogens with two attached hydrogens (primary N) is 1. The van der Waals surface area contributed by atoms with E-state index in [0.29, 0.717) is 13.1 Å². The number of hydrogen-bond donors (Lipinski definition) is 5. The van der Waals surface area contributed by atoms with Crippen LogP contribution in [-0.2, 0) is 9.53 Å². The van der Waals surface area contributed by atoms with Gasteiger partial charge in [-0.15, -0.1) is 0 Å². The fourth-order valence-corrected chi connectivity index (χ4v) is 9.04. The van der Waals surface area contributed by atoms with Gasteiger partial charge in [0, 0.05) is 41.6 Å². The Hall–Kier alpha value is -5.18. The molecule has 0 saturated carbocycles. The second-order valence-electron chi connectivity index (χ2n) is 16.8. The van der Waals surface area contributed by atoms with E-state index in [9.17, 15) is 14.7 Å². The number of hydrogen-bond acceptors (Lipinski definition) is 9. The average molecular weight is 792 g/mol. The molecule has 6 N–H and O–H groups in total. The number of rotatable bonds is 12. The number of amides is 2. The Bertz CT molecular complexity index is 2280. The molecule has 14 nitrogen and oxygen atoms in total. The van der Waals surface area contributed by atoms with E-state index in [1.54, 1.807) is 0 Å². The number of ether oxygens (including phenoxy) is 2. The molecule has 0 bridgehead atoms. The minimum atomic E-state index is -0.896. The molecule has 58 heavy (non-hydrogen) atoms. The number of carbonyl (C=O) groups excluding carboxylic acids is 2. The third kappa shape index (κ3) is 7.26. The van der Waals surface area contributed by atoms with Gasteiger partial charge in [0.15, 0.2) is 6.23 Å². The molecule has 2 amide bonds. The first kappa shape index (κ1) is 39.6. The number of nitrogens with zero attached hydrogens (tertiary/aromatic N) is 5. The minimum absolute atomic E-state index is 0.00886. The summed E-state index contributed by atoms with van der Waals surface area (Å²) in [5.74, 6) is 2.44. The van der Waals surface area contributed by atoms with E-state index in [4.69, 9.17) is 25.2 Å². The number of aliphatic hydroxyl groups excluding tert-OH is 1. The van der Waals surface area contributed by atoms with Crippen molar-refractivity contribution in [1.29, 1.82) is 0 Å². The zero-order valence-electron chi connectivity index (χ0n) is 34.4. The van der Waals surface area contributed by atoms with Crippen LogP contribution in [0.25, 0.3) is 44.7 Å². The fourth-order valence-electron chi connectivity index (χ4n) is 9.04. The highest BCUT2D eigenvalue weighted by atomic mass is 16.5. The van der Waals surface area contributed by atoms with Crippen LogP contribution in [-0.4, -0.2) is 89.9 Å². The number of likely N-dealkylation sites (tertiary alicyclic amines) is 2. The van der Waals surface area contributed by atoms with Gasteiger partial charge in [-0.2, -0.15) is 0 Å². The number of H-pyrrole nitrogens is 2. The summed E-state index contributed by atoms with van der Waals surface area (Å²) < 4.78 is 13.9. The predicted molar refractivity (Wildman–Crippen MR) is 222 cm³/mol. The molecule has 0 aliphatic carbocycles. The number of benzene rings is 2. The number of aromatic nitrogens is 5. The van der Waals surface area contributed by atoms with E-state index in [2.05, 4.69) is 69.2 Å². The molecular formula is C44H57N9O5. The Morgan fingerprint density at radius 2 is 1.62 bits per heavy atom. The van der Waals surface area contributed by atoms with Crippen LogP contribution < -0.4 is 15.8 Å². The number of nitrogens with one attached hydrogen (secondary N) is 3. The Morgan fingerprint density at radius 3 is 2.31 bits per heavy atom. The van der Waals surface area contributed by atoms with Gasteiger partial charge in [0.25, 0.3) is 0 Å². The van der Waals surface area contributed by atoms with Crippen molar-refractivity contribution in [3.8, 4) is 39.5 Å². The van der Waals surface area contributed by atoms with Crippen molar-refractivity contribution in [2.24, 2.45) is 17.6 Å². The maximum Gasteiger partial charge on any atom is 0.407 e. The number of fused-ring (bicyclic) bond motifs is 5. The maximum absolute atomic E-state index is 13.2. The topological polar surface area (TPSA) is 180 Å². The van der Waals surface area contributed by atoms with Crippen molar-refractivity contribution in [2.75, 3.05) is 20.2 Å². The molecule has 6 atom stereocenters. The standard InChI is InChI=1S/C44H57N9O5/c1-7-10-37-53-32-16-14-26(30-22-46-41(48-30)34-12-9-18-52(34)43(55)39(25(4)5)50-44(56)57-6)19-28(32)20-35(53)29-15-13-27(21-36(29)58-37)31-23-47-40(49-31)33-11-8-17-51(33)42(54)38(45)24(2)3/h13-16,19-25,33-34,37-39,43,55H,7-12,17-18,45H2,1-6H3,(H,46,48)(H,47,49)(H,50,56). The van der Waals surface area contributed by atoms with Gasteiger partial charge in [0.1, 0.15) is 23.6 Å². The van der Waals surface area contributed by atoms with Gasteiger partial charge in [-0.1, -0.05) is 53.2 Å². The van der Waals surface area contributed by atoms with E-state index in [-0.39, 0.29) is 36.1 Å². The zero-order valence-corrected chi connectivity index (χ0v) is 34.4. The van der Waals surface area contributed by atoms with Gasteiger partial charge in [0.2, 0.25) is 5.91 Å². The Morgan fingerprint density at radius 1 is 0.948 bits per heavy atom. The molecule has 2 aromatic carbocycles. The van der Waals surface area contributed by atoms with Gasteiger partial charge in [-0.05, 0) is 67.9 Å². The number of imidazole rings is 2. The number of aromatic amines is 2. The third-order valence-electron chi connectivity index (χ3n) is 12.3. The smallest absolute Gasteiger partial charge is 0.407 e. The van der Waals surface area contributed by atoms with Crippen LogP contribution in [0.1, 0.15) is 103 Å². The second-order valence-corrected chi connectivity index (χ2v) is 16.8. The van der Waals surface area contributed by atoms with Crippen LogP contribution in [0.15, 0.2) is 54.9 Å². The zero-order chi connectivity index (χ0) is 40.8. The molecule has 8 rings (SSSR count). The predicted octanol–water partition coefficient (Wildman–Crippen LogP) is 7.26. The van der Waals surface area contributed by atoms with Crippen molar-refractivity contribution in [3.05, 3.63) is 66.5 Å². The van der Waals surface area contributed by atoms with E-state index < -0.39 is 24.4 Å². The Labute approximate surface area is 339 Å². The molecule has 0 spiro atoms. The van der Waals surface area contributed by atoms with Crippen molar-refractivity contribution in [1.82, 2.24) is 39.6 Å². The van der Waals surface area contributed by atoms with E-state index in [1.165, 1.54) is 7.11 Å². The molecule has 2 saturated heterocycles. The summed E-state index contributed by atoms with van der Waals surface area (Å²) in [5.41, 5.74) is 13.2. The van der Waals surface area contributed by atoms with Crippen LogP contribution in [0.4, 0.5) is 4.79 Å². The third-order valence-corrected chi connectivity index (χ3v) is 12.3. The lowest BCUT2D eigenvalue weighted by Crippen LogP contribution is -2.54. The monoisotopic (exact) mass is 791 g/mol. The molecule has 6 heterocycles. The number of carbonyl (C=O) groups is 2. The number of alkyl carbamates (subject to hydrolysis) is 1. The van der Waals surface area contributed by atoms with Crippen LogP contribution >= 0.6 is 0 Å². The summed E-state index contributed by atoms with van der Waals surface area (Å²) in [5, 5.41) is 15.4. The van der Waals surface area contributed by atoms with Gasteiger partial charge in [-0.3, -0.25) is 9.69 Å². The lowest BCUT2D eigenvalue weighted by Gasteiger charge is -2.35. The first-order valence-corrected chi connectivity index (χ1v) is 20.9. The SMILES string of the molecule is CCCC1Oc2cc(-c3cnc(C4CCCN4C(=O)C(N)C(C)C)[nH]3)ccc2-c2cc3cc(-c4cnc(C5CCCN5C(O)C(NC(=O)OC)C(C)C)[nH]4)ccc3n21. The average Bonchev–Trinajstić information content (AvgIpc) is 4.07. The largest absolute Gasteiger partial charge is 0.469 e. The maximum atomic E-state index is 13.2. The van der Waals surface area contributed by atoms with Crippen LogP contribution in [0.5, 0.6) is 5.75 Å². The van der Waals surface area contributed by atoms with Gasteiger partial charge in [-0.25, -0.2) is 14.8 Å². The summed E-state index contributed by atoms with van der Waals surface area (Å²) in [6.45, 7) is 11.5. The molecule has 3 aromatic heterocycles. The minimum Gasteiger partial charge on any atom is -0.469 e. The van der Waals surface area contributed by atoms with Gasteiger partial charge >= 0.3 is 6.09 Å². The van der Waals surface area contributed by atoms with Crippen molar-refractivity contribution in [3.63, 3.8) is 0 Å². The molecule has 3 aliphatic rings. The summed E-state index contributed by atoms with van der Waals surface area (Å²) in [6, 6.07) is 13.8. The molecular weight excluding hydrogens is 735 g/mol. The lowest BCUT2D eigenvalue weighted by molar-refractivity contribution is -0.134. The summed E-state index contributed by atoms with van der Waals surface area (Å²) in [6.07, 6.45) is 7.41. The quantitative estimate of drug-likeness (QED) is 0.0870. The van der Waals surface area contributed by atoms with Crippen molar-refractivity contribution in [2.45, 2.75) is 110 Å². The van der Waals surface area contributed by atoms with Gasteiger partial charge in [0.05, 0.1) is 66.3 Å². The molecule has 308 valence electrons. The molecule has 2 fully saturated rings. The summed E-state index contributed by atoms with van der Waals surface area (Å²) in [7, 11) is 1.33. The van der Waals surface area contributed by atoms with E-state index in [0.717, 1.165) is 101 Å². The fraction of sp³-hybridized carbons (Fsp3) is 0.500. The Balaban J connectivity index is 1.05.